The van der Waals surface area contributed by atoms with Gasteiger partial charge in [0.15, 0.2) is 0 Å². The first-order valence-electron chi connectivity index (χ1n) is 12.9. The first-order valence-corrected chi connectivity index (χ1v) is 13.7. The van der Waals surface area contributed by atoms with Crippen molar-refractivity contribution < 1.29 is 14.7 Å². The van der Waals surface area contributed by atoms with Gasteiger partial charge in [-0.15, -0.1) is 0 Å². The largest absolute Gasteiger partial charge is 0.481 e. The fourth-order valence-electron chi connectivity index (χ4n) is 4.58. The van der Waals surface area contributed by atoms with Crippen LogP contribution in [0.4, 0.5) is 0 Å². The van der Waals surface area contributed by atoms with Gasteiger partial charge in [-0.05, 0) is 60.6 Å². The van der Waals surface area contributed by atoms with Gasteiger partial charge in [0.05, 0.1) is 10.0 Å². The van der Waals surface area contributed by atoms with Gasteiger partial charge in [-0.2, -0.15) is 0 Å². The van der Waals surface area contributed by atoms with Crippen molar-refractivity contribution in [3.8, 4) is 11.1 Å². The predicted octanol–water partition coefficient (Wildman–Crippen LogP) is 8.31. The molecule has 0 saturated heterocycles. The number of hydrogen-bond acceptors (Lipinski definition) is 2. The lowest BCUT2D eigenvalue weighted by molar-refractivity contribution is -0.137. The summed E-state index contributed by atoms with van der Waals surface area (Å²) in [7, 11) is 0. The topological polar surface area (TPSA) is 66.4 Å². The van der Waals surface area contributed by atoms with Gasteiger partial charge in [-0.25, -0.2) is 0 Å². The lowest BCUT2D eigenvalue weighted by Crippen LogP contribution is -2.37. The number of aliphatic carboxylic acids is 1. The fraction of sp³-hybridized carbons (Fsp3) is 0.355. The highest BCUT2D eigenvalue weighted by atomic mass is 35.5. The van der Waals surface area contributed by atoms with Crippen LogP contribution in [0.3, 0.4) is 0 Å². The van der Waals surface area contributed by atoms with E-state index in [9.17, 15) is 9.59 Å². The highest BCUT2D eigenvalue weighted by Crippen LogP contribution is 2.30. The van der Waals surface area contributed by atoms with E-state index in [4.69, 9.17) is 28.3 Å². The van der Waals surface area contributed by atoms with Crippen molar-refractivity contribution in [3.63, 3.8) is 0 Å². The lowest BCUT2D eigenvalue weighted by atomic mass is 9.85. The Hall–Kier alpha value is -2.82. The van der Waals surface area contributed by atoms with Crippen molar-refractivity contribution in [1.82, 2.24) is 5.32 Å². The normalized spacial score (nSPS) is 12.6. The molecule has 1 amide bonds. The number of benzene rings is 3. The Morgan fingerprint density at radius 3 is 2.05 bits per heavy atom. The van der Waals surface area contributed by atoms with Gasteiger partial charge >= 0.3 is 5.97 Å². The van der Waals surface area contributed by atoms with Crippen LogP contribution in [-0.2, 0) is 16.0 Å². The van der Waals surface area contributed by atoms with Crippen LogP contribution in [-0.4, -0.2) is 23.0 Å². The van der Waals surface area contributed by atoms with Crippen LogP contribution in [0.5, 0.6) is 0 Å². The summed E-state index contributed by atoms with van der Waals surface area (Å²) in [5.74, 6) is -0.654. The number of hydrogen-bond donors (Lipinski definition) is 2. The van der Waals surface area contributed by atoms with Gasteiger partial charge in [0, 0.05) is 24.8 Å². The Morgan fingerprint density at radius 2 is 1.41 bits per heavy atom. The number of rotatable bonds is 14. The van der Waals surface area contributed by atoms with Gasteiger partial charge in [0.1, 0.15) is 0 Å². The van der Waals surface area contributed by atoms with Crippen molar-refractivity contribution in [2.75, 3.05) is 0 Å². The summed E-state index contributed by atoms with van der Waals surface area (Å²) in [4.78, 5) is 23.3. The molecule has 6 heteroatoms. The van der Waals surface area contributed by atoms with Gasteiger partial charge in [0.25, 0.3) is 0 Å². The Bertz CT molecular complexity index is 1150. The minimum atomic E-state index is -0.751. The maximum absolute atomic E-state index is 12.7. The molecule has 3 aromatic rings. The van der Waals surface area contributed by atoms with E-state index < -0.39 is 5.97 Å². The van der Waals surface area contributed by atoms with E-state index >= 15 is 0 Å². The average Bonchev–Trinajstić information content (AvgIpc) is 2.89. The number of carboxylic acids is 1. The van der Waals surface area contributed by atoms with Crippen LogP contribution >= 0.6 is 23.2 Å². The molecular formula is C31H35Cl2NO3. The van der Waals surface area contributed by atoms with E-state index in [0.717, 1.165) is 42.4 Å². The van der Waals surface area contributed by atoms with Crippen LogP contribution < -0.4 is 5.32 Å². The summed E-state index contributed by atoms with van der Waals surface area (Å²) in [6, 6.07) is 24.4. The first-order chi connectivity index (χ1) is 17.8. The molecule has 37 heavy (non-hydrogen) atoms. The van der Waals surface area contributed by atoms with Crippen molar-refractivity contribution >= 4 is 35.1 Å². The van der Waals surface area contributed by atoms with Crippen LogP contribution in [0, 0.1) is 0 Å². The molecule has 0 heterocycles. The second-order valence-electron chi connectivity index (χ2n) is 9.56. The second kappa shape index (κ2) is 14.8. The van der Waals surface area contributed by atoms with Gasteiger partial charge < -0.3 is 10.4 Å². The van der Waals surface area contributed by atoms with Crippen molar-refractivity contribution in [2.45, 2.75) is 70.3 Å². The maximum atomic E-state index is 12.7. The monoisotopic (exact) mass is 539 g/mol. The van der Waals surface area contributed by atoms with E-state index in [1.165, 1.54) is 5.56 Å². The minimum absolute atomic E-state index is 0.0399. The van der Waals surface area contributed by atoms with E-state index in [-0.39, 0.29) is 24.3 Å². The first kappa shape index (κ1) is 28.7. The molecule has 0 saturated carbocycles. The Morgan fingerprint density at radius 1 is 0.784 bits per heavy atom. The number of nitrogens with one attached hydrogen (secondary N) is 1. The number of amides is 1. The number of carboxylic acid groups (broad SMARTS) is 1. The molecule has 0 fully saturated rings. The van der Waals surface area contributed by atoms with Crippen LogP contribution in [0.25, 0.3) is 11.1 Å². The van der Waals surface area contributed by atoms with E-state index in [2.05, 4.69) is 48.6 Å². The molecule has 2 N–H and O–H groups in total. The number of carbonyl (C=O) groups is 2. The molecule has 2 atom stereocenters. The molecule has 0 aliphatic rings. The standard InChI is InChI=1S/C31H35Cl2NO3/c1-22(34-30(35)12-8-3-2-4-9-13-31(36)37)27(20-23-14-19-28(32)29(33)21-23)26-17-15-25(16-18-26)24-10-6-5-7-11-24/h5-7,10-11,14-19,21-22,27H,2-4,8-9,12-13,20H2,1H3,(H,34,35)(H,36,37). The molecule has 4 nitrogen and oxygen atoms in total. The lowest BCUT2D eigenvalue weighted by Gasteiger charge is -2.26. The van der Waals surface area contributed by atoms with Crippen molar-refractivity contribution in [2.24, 2.45) is 0 Å². The highest BCUT2D eigenvalue weighted by Gasteiger charge is 2.22. The van der Waals surface area contributed by atoms with Crippen LogP contribution in [0.2, 0.25) is 10.0 Å². The highest BCUT2D eigenvalue weighted by molar-refractivity contribution is 6.42. The molecule has 2 unspecified atom stereocenters. The third kappa shape index (κ3) is 9.53. The maximum Gasteiger partial charge on any atom is 0.303 e. The minimum Gasteiger partial charge on any atom is -0.481 e. The Kier molecular flexibility index (Phi) is 11.5. The predicted molar refractivity (Wildman–Crippen MR) is 152 cm³/mol. The van der Waals surface area contributed by atoms with Gasteiger partial charge in [-0.3, -0.25) is 9.59 Å². The Balaban J connectivity index is 1.64. The van der Waals surface area contributed by atoms with Crippen molar-refractivity contribution in [1.29, 1.82) is 0 Å². The second-order valence-corrected chi connectivity index (χ2v) is 10.4. The fourth-order valence-corrected chi connectivity index (χ4v) is 4.90. The molecule has 0 aliphatic carbocycles. The van der Waals surface area contributed by atoms with Gasteiger partial charge in [-0.1, -0.05) is 103 Å². The molecule has 0 bridgehead atoms. The zero-order chi connectivity index (χ0) is 26.6. The molecule has 0 spiro atoms. The zero-order valence-electron chi connectivity index (χ0n) is 21.3. The van der Waals surface area contributed by atoms with Crippen molar-refractivity contribution in [3.05, 3.63) is 94.0 Å². The molecule has 3 aromatic carbocycles. The summed E-state index contributed by atoms with van der Waals surface area (Å²) >= 11 is 12.4. The number of halogens is 2. The molecule has 0 aliphatic heterocycles. The zero-order valence-corrected chi connectivity index (χ0v) is 22.8. The van der Waals surface area contributed by atoms with Crippen LogP contribution in [0.1, 0.15) is 68.9 Å². The molecular weight excluding hydrogens is 505 g/mol. The third-order valence-corrected chi connectivity index (χ3v) is 7.41. The summed E-state index contributed by atoms with van der Waals surface area (Å²) in [5, 5.41) is 13.0. The smallest absolute Gasteiger partial charge is 0.303 e. The molecule has 3 rings (SSSR count). The quantitative estimate of drug-likeness (QED) is 0.202. The summed E-state index contributed by atoms with van der Waals surface area (Å²) in [6.45, 7) is 2.05. The Labute approximate surface area is 230 Å². The number of carbonyl (C=O) groups excluding carboxylic acids is 1. The number of unbranched alkanes of at least 4 members (excludes halogenated alkanes) is 4. The van der Waals surface area contributed by atoms with E-state index in [1.807, 2.05) is 36.4 Å². The molecule has 0 radical (unpaired) electrons. The summed E-state index contributed by atoms with van der Waals surface area (Å²) < 4.78 is 0. The third-order valence-electron chi connectivity index (χ3n) is 6.67. The summed E-state index contributed by atoms with van der Waals surface area (Å²) in [5.41, 5.74) is 4.53. The molecule has 0 aromatic heterocycles. The van der Waals surface area contributed by atoms with Crippen LogP contribution in [0.15, 0.2) is 72.8 Å². The van der Waals surface area contributed by atoms with E-state index in [0.29, 0.717) is 29.3 Å². The van der Waals surface area contributed by atoms with E-state index in [1.54, 1.807) is 0 Å². The molecule has 196 valence electrons. The SMILES string of the molecule is CC(NC(=O)CCCCCCCC(=O)O)C(Cc1ccc(Cl)c(Cl)c1)c1ccc(-c2ccccc2)cc1. The average molecular weight is 541 g/mol. The summed E-state index contributed by atoms with van der Waals surface area (Å²) in [6.07, 6.45) is 5.65. The van der Waals surface area contributed by atoms with Gasteiger partial charge in [0.2, 0.25) is 5.91 Å².